The normalized spacial score (nSPS) is 11.3. The third kappa shape index (κ3) is 2.42. The fraction of sp³-hybridized carbons (Fsp3) is 0.667. The zero-order chi connectivity index (χ0) is 6.08. The summed E-state index contributed by atoms with van der Waals surface area (Å²) < 4.78 is -0.556. The van der Waals surface area contributed by atoms with Gasteiger partial charge in [-0.2, -0.15) is 4.79 Å². The number of carbonyl (C=O) groups is 1. The lowest BCUT2D eigenvalue weighted by Crippen LogP contribution is -2.33. The predicted octanol–water partition coefficient (Wildman–Crippen LogP) is 0.895. The van der Waals surface area contributed by atoms with Gasteiger partial charge in [0.1, 0.15) is 0 Å². The first kappa shape index (κ1) is 6.72. The van der Waals surface area contributed by atoms with E-state index in [-0.39, 0.29) is 0 Å². The van der Waals surface area contributed by atoms with E-state index in [0.29, 0.717) is 0 Å². The Morgan fingerprint density at radius 1 is 1.71 bits per heavy atom. The smallest absolute Gasteiger partial charge is 0.434 e. The summed E-state index contributed by atoms with van der Waals surface area (Å²) in [6.45, 7) is 0. The Labute approximate surface area is 46.8 Å². The molecule has 0 aliphatic heterocycles. The topological polar surface area (TPSA) is 37.3 Å². The lowest BCUT2D eigenvalue weighted by molar-refractivity contribution is -0.691. The average Bonchev–Trinajstić information content (AvgIpc) is 1.31. The molecule has 42 valence electrons. The summed E-state index contributed by atoms with van der Waals surface area (Å²) in [5.74, 6) is 0. The van der Waals surface area contributed by atoms with Crippen LogP contribution in [0.25, 0.3) is 0 Å². The second-order valence-corrected chi connectivity index (χ2v) is 2.44. The maximum Gasteiger partial charge on any atom is 0.531 e. The largest absolute Gasteiger partial charge is 0.531 e. The number of hydrogen-bond donors (Lipinski definition) is 1. The number of amides is 1. The van der Waals surface area contributed by atoms with E-state index in [0.717, 1.165) is 0 Å². The highest BCUT2D eigenvalue weighted by atomic mass is 35.5. The highest BCUT2D eigenvalue weighted by Gasteiger charge is 2.22. The molecule has 0 bridgehead atoms. The molecule has 0 rings (SSSR count). The predicted molar refractivity (Wildman–Crippen MR) is 26.0 cm³/mol. The molecule has 0 unspecified atom stereocenters. The molecule has 1 N–H and O–H groups in total. The highest BCUT2D eigenvalue weighted by Crippen LogP contribution is 2.00. The Bertz CT molecular complexity index is 85.4. The Kier molecular flexibility index (Phi) is 1.61. The number of quaternary nitrogens is 1. The molecule has 0 aliphatic carbocycles. The summed E-state index contributed by atoms with van der Waals surface area (Å²) in [6, 6.07) is 0. The van der Waals surface area contributed by atoms with E-state index in [9.17, 15) is 4.79 Å². The van der Waals surface area contributed by atoms with Crippen LogP contribution in [0.4, 0.5) is 4.79 Å². The van der Waals surface area contributed by atoms with Crippen LogP contribution in [0, 0.1) is 0 Å². The number of halogens is 1. The van der Waals surface area contributed by atoms with Crippen LogP contribution in [-0.2, 0) is 0 Å². The summed E-state index contributed by atoms with van der Waals surface area (Å²) >= 11 is 5.21. The van der Waals surface area contributed by atoms with Crippen LogP contribution in [0.5, 0.6) is 0 Å². The fourth-order valence-electron chi connectivity index (χ4n) is 0. The van der Waals surface area contributed by atoms with Crippen molar-refractivity contribution in [1.82, 2.24) is 0 Å². The molecule has 0 saturated heterocycles. The lowest BCUT2D eigenvalue weighted by atomic mass is 10.9. The van der Waals surface area contributed by atoms with Crippen LogP contribution in [0.2, 0.25) is 0 Å². The Morgan fingerprint density at radius 2 is 1.86 bits per heavy atom. The maximum absolute atomic E-state index is 9.86. The monoisotopic (exact) mass is 124 g/mol. The summed E-state index contributed by atoms with van der Waals surface area (Å²) in [4.78, 5) is 9.86. The molecule has 0 aromatic carbocycles. The minimum absolute atomic E-state index is 0.556. The molecule has 0 saturated carbocycles. The van der Waals surface area contributed by atoms with Gasteiger partial charge in [0.05, 0.1) is 14.1 Å². The molecule has 4 heteroatoms. The molecule has 7 heavy (non-hydrogen) atoms. The van der Waals surface area contributed by atoms with E-state index in [1.807, 2.05) is 0 Å². The van der Waals surface area contributed by atoms with Crippen LogP contribution < -0.4 is 0 Å². The first-order chi connectivity index (χ1) is 2.94. The summed E-state index contributed by atoms with van der Waals surface area (Å²) in [5, 5.41) is 8.09. The molecule has 0 aliphatic rings. The maximum atomic E-state index is 9.86. The Hall–Kier alpha value is -0.280. The van der Waals surface area contributed by atoms with E-state index in [2.05, 4.69) is 0 Å². The van der Waals surface area contributed by atoms with Gasteiger partial charge in [0, 0.05) is 0 Å². The van der Waals surface area contributed by atoms with E-state index in [1.165, 1.54) is 14.1 Å². The van der Waals surface area contributed by atoms with Gasteiger partial charge in [-0.1, -0.05) is 0 Å². The number of nitrogens with zero attached hydrogens (tertiary/aromatic N) is 1. The quantitative estimate of drug-likeness (QED) is 0.487. The van der Waals surface area contributed by atoms with E-state index >= 15 is 0 Å². The van der Waals surface area contributed by atoms with Crippen molar-refractivity contribution in [2.24, 2.45) is 0 Å². The molecule has 3 nitrogen and oxygen atoms in total. The number of rotatable bonds is 0. The zero-order valence-corrected chi connectivity index (χ0v) is 4.94. The van der Waals surface area contributed by atoms with Crippen molar-refractivity contribution in [2.75, 3.05) is 14.1 Å². The average molecular weight is 125 g/mol. The molecule has 0 aromatic heterocycles. The summed E-state index contributed by atoms with van der Waals surface area (Å²) in [7, 11) is 2.73. The molecule has 0 aromatic rings. The molecule has 0 radical (unpaired) electrons. The molecule has 0 heterocycles. The third-order valence-corrected chi connectivity index (χ3v) is 0.599. The van der Waals surface area contributed by atoms with Crippen molar-refractivity contribution in [3.63, 3.8) is 0 Å². The van der Waals surface area contributed by atoms with Gasteiger partial charge in [0.15, 0.2) is 11.8 Å². The van der Waals surface area contributed by atoms with Crippen molar-refractivity contribution in [2.45, 2.75) is 0 Å². The lowest BCUT2D eigenvalue weighted by Gasteiger charge is -2.07. The summed E-state index contributed by atoms with van der Waals surface area (Å²) in [5.41, 5.74) is 0. The third-order valence-electron chi connectivity index (χ3n) is 0.455. The van der Waals surface area contributed by atoms with Crippen LogP contribution in [0.15, 0.2) is 0 Å². The van der Waals surface area contributed by atoms with Crippen LogP contribution in [0.1, 0.15) is 0 Å². The van der Waals surface area contributed by atoms with Gasteiger partial charge in [-0.25, -0.2) is 0 Å². The summed E-state index contributed by atoms with van der Waals surface area (Å²) in [6.07, 6.45) is -1.05. The zero-order valence-electron chi connectivity index (χ0n) is 4.18. The first-order valence-corrected chi connectivity index (χ1v) is 2.05. The van der Waals surface area contributed by atoms with Crippen molar-refractivity contribution < 1.29 is 13.9 Å². The SMILES string of the molecule is C[N+](C)(Cl)C(=O)O. The van der Waals surface area contributed by atoms with Crippen molar-refractivity contribution in [1.29, 1.82) is 0 Å². The minimum atomic E-state index is -1.05. The van der Waals surface area contributed by atoms with Gasteiger partial charge in [-0.15, -0.1) is 4.00 Å². The number of carboxylic acid groups (broad SMARTS) is 1. The highest BCUT2D eigenvalue weighted by molar-refractivity contribution is 6.10. The molecular formula is C3H7ClNO2+. The fourth-order valence-corrected chi connectivity index (χ4v) is 0. The van der Waals surface area contributed by atoms with Crippen LogP contribution in [-0.4, -0.2) is 29.3 Å². The number of hydrogen-bond acceptors (Lipinski definition) is 1. The second-order valence-electron chi connectivity index (χ2n) is 1.60. The van der Waals surface area contributed by atoms with Gasteiger partial charge in [0.25, 0.3) is 0 Å². The Balaban J connectivity index is 3.79. The van der Waals surface area contributed by atoms with Gasteiger partial charge in [0.2, 0.25) is 0 Å². The molecule has 0 fully saturated rings. The van der Waals surface area contributed by atoms with Gasteiger partial charge in [-0.05, 0) is 0 Å². The molecule has 0 atom stereocenters. The van der Waals surface area contributed by atoms with Gasteiger partial charge < -0.3 is 5.11 Å². The molecule has 0 spiro atoms. The minimum Gasteiger partial charge on any atom is -0.434 e. The van der Waals surface area contributed by atoms with Gasteiger partial charge in [-0.3, -0.25) is 0 Å². The van der Waals surface area contributed by atoms with Crippen LogP contribution >= 0.6 is 11.8 Å². The van der Waals surface area contributed by atoms with E-state index in [1.54, 1.807) is 0 Å². The van der Waals surface area contributed by atoms with Crippen molar-refractivity contribution in [3.05, 3.63) is 0 Å². The molecular weight excluding hydrogens is 117 g/mol. The second kappa shape index (κ2) is 1.68. The standard InChI is InChI=1S/C3H6ClNO2/c1-5(2,4)3(6)7/h1-2H3/p+1. The first-order valence-electron chi connectivity index (χ1n) is 1.71. The molecule has 1 amide bonds. The van der Waals surface area contributed by atoms with E-state index in [4.69, 9.17) is 16.9 Å². The van der Waals surface area contributed by atoms with Crippen LogP contribution in [0.3, 0.4) is 0 Å². The van der Waals surface area contributed by atoms with Gasteiger partial charge >= 0.3 is 6.09 Å². The van der Waals surface area contributed by atoms with Crippen molar-refractivity contribution in [3.8, 4) is 0 Å². The van der Waals surface area contributed by atoms with E-state index < -0.39 is 10.1 Å². The van der Waals surface area contributed by atoms with Crippen molar-refractivity contribution >= 4 is 17.9 Å². The Morgan fingerprint density at radius 3 is 1.86 bits per heavy atom.